The van der Waals surface area contributed by atoms with E-state index in [1.807, 2.05) is 35.5 Å². The van der Waals surface area contributed by atoms with Crippen molar-refractivity contribution in [1.82, 2.24) is 19.8 Å². The van der Waals surface area contributed by atoms with Crippen molar-refractivity contribution in [1.29, 1.82) is 0 Å². The molecule has 190 valence electrons. The van der Waals surface area contributed by atoms with Crippen LogP contribution in [0, 0.1) is 6.92 Å². The molecule has 1 amide bonds. The zero-order valence-corrected chi connectivity index (χ0v) is 21.2. The first-order valence-electron chi connectivity index (χ1n) is 13.1. The number of ether oxygens (including phenoxy) is 2. The molecule has 0 spiro atoms. The zero-order chi connectivity index (χ0) is 24.6. The summed E-state index contributed by atoms with van der Waals surface area (Å²) in [5.74, 6) is 0.768. The molecule has 2 aliphatic heterocycles. The Morgan fingerprint density at radius 2 is 1.89 bits per heavy atom. The van der Waals surface area contributed by atoms with Gasteiger partial charge in [0.15, 0.2) is 0 Å². The number of nitrogens with zero attached hydrogens (tertiary/aromatic N) is 3. The van der Waals surface area contributed by atoms with E-state index in [2.05, 4.69) is 27.1 Å². The molecule has 8 heteroatoms. The second-order valence-electron chi connectivity index (χ2n) is 10.2. The van der Waals surface area contributed by atoms with Gasteiger partial charge in [0.05, 0.1) is 26.0 Å². The van der Waals surface area contributed by atoms with E-state index in [0.717, 1.165) is 85.6 Å². The van der Waals surface area contributed by atoms with Gasteiger partial charge in [-0.1, -0.05) is 0 Å². The van der Waals surface area contributed by atoms with Crippen LogP contribution in [0.4, 0.5) is 5.69 Å². The van der Waals surface area contributed by atoms with E-state index < -0.39 is 0 Å². The van der Waals surface area contributed by atoms with Crippen LogP contribution in [0.3, 0.4) is 0 Å². The largest absolute Gasteiger partial charge is 0.496 e. The van der Waals surface area contributed by atoms with Crippen LogP contribution >= 0.6 is 0 Å². The third kappa shape index (κ3) is 4.44. The second kappa shape index (κ2) is 9.75. The number of likely N-dealkylation sites (tertiary alicyclic amines) is 1. The fourth-order valence-corrected chi connectivity index (χ4v) is 5.65. The molecule has 0 radical (unpaired) electrons. The molecule has 1 aromatic carbocycles. The lowest BCUT2D eigenvalue weighted by Gasteiger charge is -2.40. The topological polar surface area (TPSA) is 82.7 Å². The van der Waals surface area contributed by atoms with Gasteiger partial charge in [-0.05, 0) is 56.4 Å². The highest BCUT2D eigenvalue weighted by Gasteiger charge is 2.29. The average Bonchev–Trinajstić information content (AvgIpc) is 3.68. The first-order valence-corrected chi connectivity index (χ1v) is 13.1. The highest BCUT2D eigenvalue weighted by Crippen LogP contribution is 2.42. The molecule has 0 atom stereocenters. The number of amides is 1. The van der Waals surface area contributed by atoms with Crippen LogP contribution < -0.4 is 10.1 Å². The van der Waals surface area contributed by atoms with Crippen LogP contribution in [0.2, 0.25) is 0 Å². The van der Waals surface area contributed by atoms with E-state index in [9.17, 15) is 4.79 Å². The lowest BCUT2D eigenvalue weighted by atomic mass is 9.98. The number of H-pyrrole nitrogens is 1. The lowest BCUT2D eigenvalue weighted by molar-refractivity contribution is 0.00159. The Hall–Kier alpha value is -3.10. The summed E-state index contributed by atoms with van der Waals surface area (Å²) in [6.07, 6.45) is 8.29. The minimum Gasteiger partial charge on any atom is -0.496 e. The van der Waals surface area contributed by atoms with Crippen molar-refractivity contribution < 1.29 is 14.3 Å². The lowest BCUT2D eigenvalue weighted by Crippen LogP contribution is -2.50. The Labute approximate surface area is 212 Å². The van der Waals surface area contributed by atoms with Crippen molar-refractivity contribution in [3.63, 3.8) is 0 Å². The Morgan fingerprint density at radius 3 is 2.61 bits per heavy atom. The standard InChI is InChI=1S/C28H35N5O3/c1-18-16-29-27-25(18)26(31-20-4-5-20)23(17-30-27)22-6-3-19(15-24(22)35-2)28(34)33-9-7-21(8-10-33)32-11-13-36-14-12-32/h3,6,15-17,20-21H,4-5,7-14H2,1-2H3,(H2,29,30,31). The fourth-order valence-electron chi connectivity index (χ4n) is 5.65. The van der Waals surface area contributed by atoms with E-state index in [0.29, 0.717) is 23.4 Å². The third-order valence-corrected chi connectivity index (χ3v) is 7.88. The number of morpholine rings is 1. The second-order valence-corrected chi connectivity index (χ2v) is 10.2. The number of aryl methyl sites for hydroxylation is 1. The number of hydrogen-bond acceptors (Lipinski definition) is 6. The molecule has 36 heavy (non-hydrogen) atoms. The van der Waals surface area contributed by atoms with Gasteiger partial charge in [-0.2, -0.15) is 0 Å². The number of anilines is 1. The van der Waals surface area contributed by atoms with E-state index in [1.165, 1.54) is 12.8 Å². The van der Waals surface area contributed by atoms with E-state index in [1.54, 1.807) is 7.11 Å². The maximum Gasteiger partial charge on any atom is 0.253 e. The molecule has 1 aliphatic carbocycles. The van der Waals surface area contributed by atoms with Crippen LogP contribution in [-0.4, -0.2) is 84.3 Å². The summed E-state index contributed by atoms with van der Waals surface area (Å²) in [6.45, 7) is 7.30. The molecule has 2 aromatic heterocycles. The number of benzene rings is 1. The van der Waals surface area contributed by atoms with Crippen LogP contribution in [-0.2, 0) is 4.74 Å². The van der Waals surface area contributed by atoms with E-state index in [-0.39, 0.29) is 5.91 Å². The van der Waals surface area contributed by atoms with Crippen LogP contribution in [0.15, 0.2) is 30.6 Å². The molecule has 8 nitrogen and oxygen atoms in total. The molecule has 3 aliphatic rings. The molecule has 6 rings (SSSR count). The van der Waals surface area contributed by atoms with E-state index >= 15 is 0 Å². The summed E-state index contributed by atoms with van der Waals surface area (Å²) in [4.78, 5) is 25.9. The number of piperidine rings is 1. The van der Waals surface area contributed by atoms with Gasteiger partial charge in [0.25, 0.3) is 5.91 Å². The minimum absolute atomic E-state index is 0.0756. The quantitative estimate of drug-likeness (QED) is 0.544. The summed E-state index contributed by atoms with van der Waals surface area (Å²) in [7, 11) is 1.67. The van der Waals surface area contributed by atoms with Crippen LogP contribution in [0.25, 0.3) is 22.2 Å². The summed E-state index contributed by atoms with van der Waals surface area (Å²) in [5.41, 5.74) is 5.74. The van der Waals surface area contributed by atoms with Crippen LogP contribution in [0.5, 0.6) is 5.75 Å². The zero-order valence-electron chi connectivity index (χ0n) is 21.2. The van der Waals surface area contributed by atoms with E-state index in [4.69, 9.17) is 9.47 Å². The predicted molar refractivity (Wildman–Crippen MR) is 141 cm³/mol. The Kier molecular flexibility index (Phi) is 6.31. The van der Waals surface area contributed by atoms with Gasteiger partial charge < -0.3 is 24.7 Å². The molecule has 3 fully saturated rings. The highest BCUT2D eigenvalue weighted by atomic mass is 16.5. The maximum absolute atomic E-state index is 13.4. The van der Waals surface area contributed by atoms with Crippen molar-refractivity contribution in [2.45, 2.75) is 44.7 Å². The van der Waals surface area contributed by atoms with Crippen molar-refractivity contribution in [2.24, 2.45) is 0 Å². The molecule has 0 bridgehead atoms. The van der Waals surface area contributed by atoms with Gasteiger partial charge in [0.2, 0.25) is 0 Å². The van der Waals surface area contributed by atoms with Crippen molar-refractivity contribution >= 4 is 22.6 Å². The van der Waals surface area contributed by atoms with Gasteiger partial charge in [-0.3, -0.25) is 9.69 Å². The number of methoxy groups -OCH3 is 1. The minimum atomic E-state index is 0.0756. The Bertz CT molecular complexity index is 1250. The van der Waals surface area contributed by atoms with Crippen molar-refractivity contribution in [2.75, 3.05) is 51.8 Å². The van der Waals surface area contributed by atoms with Gasteiger partial charge >= 0.3 is 0 Å². The van der Waals surface area contributed by atoms with Crippen molar-refractivity contribution in [3.8, 4) is 16.9 Å². The molecule has 3 aromatic rings. The summed E-state index contributed by atoms with van der Waals surface area (Å²) < 4.78 is 11.3. The first kappa shape index (κ1) is 23.3. The number of fused-ring (bicyclic) bond motifs is 1. The van der Waals surface area contributed by atoms with Gasteiger partial charge in [-0.25, -0.2) is 4.98 Å². The number of carbonyl (C=O) groups excluding carboxylic acids is 1. The fraction of sp³-hybridized carbons (Fsp3) is 0.500. The van der Waals surface area contributed by atoms with Crippen LogP contribution in [0.1, 0.15) is 41.6 Å². The first-order chi connectivity index (χ1) is 17.6. The monoisotopic (exact) mass is 489 g/mol. The normalized spacial score (nSPS) is 19.6. The van der Waals surface area contributed by atoms with Gasteiger partial charge in [-0.15, -0.1) is 0 Å². The van der Waals surface area contributed by atoms with Gasteiger partial charge in [0.1, 0.15) is 11.4 Å². The predicted octanol–water partition coefficient (Wildman–Crippen LogP) is 4.06. The number of nitrogens with one attached hydrogen (secondary N) is 2. The molecular formula is C28H35N5O3. The average molecular weight is 490 g/mol. The molecular weight excluding hydrogens is 454 g/mol. The Balaban J connectivity index is 1.24. The summed E-state index contributed by atoms with van der Waals surface area (Å²) in [6, 6.07) is 6.88. The summed E-state index contributed by atoms with van der Waals surface area (Å²) in [5, 5.41) is 4.84. The highest BCUT2D eigenvalue weighted by molar-refractivity contribution is 6.02. The smallest absolute Gasteiger partial charge is 0.253 e. The molecule has 1 saturated carbocycles. The molecule has 2 saturated heterocycles. The molecule has 4 heterocycles. The number of carbonyl (C=O) groups is 1. The number of aromatic nitrogens is 2. The number of rotatable bonds is 6. The maximum atomic E-state index is 13.4. The SMILES string of the molecule is COc1cc(C(=O)N2CCC(N3CCOCC3)CC2)ccc1-c1cnc2[nH]cc(C)c2c1NC1CC1. The Morgan fingerprint density at radius 1 is 1.11 bits per heavy atom. The number of hydrogen-bond donors (Lipinski definition) is 2. The van der Waals surface area contributed by atoms with Crippen molar-refractivity contribution in [3.05, 3.63) is 41.7 Å². The molecule has 2 N–H and O–H groups in total. The summed E-state index contributed by atoms with van der Waals surface area (Å²) >= 11 is 0. The molecule has 0 unspecified atom stereocenters. The van der Waals surface area contributed by atoms with Gasteiger partial charge in [0, 0.05) is 72.7 Å². The number of pyridine rings is 1. The number of aromatic amines is 1. The third-order valence-electron chi connectivity index (χ3n) is 7.88.